The van der Waals surface area contributed by atoms with Gasteiger partial charge in [-0.15, -0.1) is 11.8 Å². The zero-order valence-corrected chi connectivity index (χ0v) is 13.0. The monoisotopic (exact) mass is 313 g/mol. The summed E-state index contributed by atoms with van der Waals surface area (Å²) in [5.41, 5.74) is 0.881. The van der Waals surface area contributed by atoms with Gasteiger partial charge in [0.15, 0.2) is 0 Å². The SMILES string of the molecule is CC(=O)N1C(C(=O)O)C(C)(C)S[C@H]1c1ccc(Cl)cc1. The Kier molecular flexibility index (Phi) is 4.02. The van der Waals surface area contributed by atoms with Crippen LogP contribution in [-0.2, 0) is 9.59 Å². The molecule has 1 fully saturated rings. The Morgan fingerprint density at radius 1 is 1.30 bits per heavy atom. The van der Waals surface area contributed by atoms with E-state index in [1.807, 2.05) is 26.0 Å². The maximum Gasteiger partial charge on any atom is 0.327 e. The van der Waals surface area contributed by atoms with Gasteiger partial charge in [-0.3, -0.25) is 4.79 Å². The van der Waals surface area contributed by atoms with Crippen molar-refractivity contribution in [2.45, 2.75) is 36.9 Å². The number of thioether (sulfide) groups is 1. The highest BCUT2D eigenvalue weighted by Crippen LogP contribution is 2.52. The predicted octanol–water partition coefficient (Wildman–Crippen LogP) is 3.17. The minimum atomic E-state index is -0.978. The molecule has 0 spiro atoms. The largest absolute Gasteiger partial charge is 0.480 e. The standard InChI is InChI=1S/C14H16ClNO3S/c1-8(17)16-11(13(18)19)14(2,3)20-12(16)9-4-6-10(15)7-5-9/h4-7,11-12H,1-3H3,(H,18,19)/t11?,12-/m0/s1. The first kappa shape index (κ1) is 15.2. The van der Waals surface area contributed by atoms with Gasteiger partial charge in [0, 0.05) is 16.7 Å². The molecule has 4 nitrogen and oxygen atoms in total. The number of carboxylic acids is 1. The molecule has 108 valence electrons. The molecule has 1 aromatic carbocycles. The Morgan fingerprint density at radius 3 is 2.30 bits per heavy atom. The van der Waals surface area contributed by atoms with E-state index in [9.17, 15) is 14.7 Å². The Hall–Kier alpha value is -1.20. The van der Waals surface area contributed by atoms with Crippen LogP contribution < -0.4 is 0 Å². The van der Waals surface area contributed by atoms with E-state index in [1.165, 1.54) is 23.6 Å². The van der Waals surface area contributed by atoms with Gasteiger partial charge in [-0.1, -0.05) is 23.7 Å². The quantitative estimate of drug-likeness (QED) is 0.911. The average molecular weight is 314 g/mol. The molecule has 0 radical (unpaired) electrons. The van der Waals surface area contributed by atoms with E-state index in [1.54, 1.807) is 12.1 Å². The molecule has 1 amide bonds. The summed E-state index contributed by atoms with van der Waals surface area (Å²) in [6, 6.07) is 6.31. The third kappa shape index (κ3) is 2.65. The van der Waals surface area contributed by atoms with E-state index in [-0.39, 0.29) is 11.3 Å². The lowest BCUT2D eigenvalue weighted by Crippen LogP contribution is -2.48. The zero-order valence-electron chi connectivity index (χ0n) is 11.5. The van der Waals surface area contributed by atoms with Crippen molar-refractivity contribution in [1.29, 1.82) is 0 Å². The van der Waals surface area contributed by atoms with E-state index < -0.39 is 16.8 Å². The number of carboxylic acid groups (broad SMARTS) is 1. The summed E-state index contributed by atoms with van der Waals surface area (Å²) in [6.07, 6.45) is 0. The van der Waals surface area contributed by atoms with Crippen LogP contribution in [0.4, 0.5) is 0 Å². The summed E-state index contributed by atoms with van der Waals surface area (Å²) in [7, 11) is 0. The lowest BCUT2D eigenvalue weighted by Gasteiger charge is -2.28. The second-order valence-electron chi connectivity index (χ2n) is 5.29. The van der Waals surface area contributed by atoms with Crippen LogP contribution in [0.25, 0.3) is 0 Å². The summed E-state index contributed by atoms with van der Waals surface area (Å²) >= 11 is 7.35. The molecule has 2 rings (SSSR count). The number of carbonyl (C=O) groups excluding carboxylic acids is 1. The van der Waals surface area contributed by atoms with E-state index >= 15 is 0 Å². The van der Waals surface area contributed by atoms with E-state index in [2.05, 4.69) is 0 Å². The lowest BCUT2D eigenvalue weighted by atomic mass is 10.0. The Morgan fingerprint density at radius 2 is 1.85 bits per heavy atom. The minimum Gasteiger partial charge on any atom is -0.480 e. The number of nitrogens with zero attached hydrogens (tertiary/aromatic N) is 1. The number of rotatable bonds is 2. The van der Waals surface area contributed by atoms with E-state index in [0.717, 1.165) is 5.56 Å². The van der Waals surface area contributed by atoms with Gasteiger partial charge in [0.1, 0.15) is 11.4 Å². The molecule has 0 aliphatic carbocycles. The van der Waals surface area contributed by atoms with Gasteiger partial charge in [-0.25, -0.2) is 4.79 Å². The second-order valence-corrected chi connectivity index (χ2v) is 7.46. The molecule has 0 bridgehead atoms. The first-order valence-electron chi connectivity index (χ1n) is 6.19. The number of amides is 1. The first-order valence-corrected chi connectivity index (χ1v) is 7.45. The van der Waals surface area contributed by atoms with Gasteiger partial charge < -0.3 is 10.0 Å². The highest BCUT2D eigenvalue weighted by atomic mass is 35.5. The zero-order chi connectivity index (χ0) is 15.1. The average Bonchev–Trinajstić information content (AvgIpc) is 2.62. The summed E-state index contributed by atoms with van der Waals surface area (Å²) < 4.78 is -0.554. The Bertz CT molecular complexity index is 544. The normalized spacial score (nSPS) is 24.7. The van der Waals surface area contributed by atoms with Crippen LogP contribution in [0.1, 0.15) is 31.7 Å². The third-order valence-corrected chi connectivity index (χ3v) is 5.16. The van der Waals surface area contributed by atoms with Crippen molar-refractivity contribution < 1.29 is 14.7 Å². The van der Waals surface area contributed by atoms with Crippen molar-refractivity contribution in [3.63, 3.8) is 0 Å². The van der Waals surface area contributed by atoms with Crippen LogP contribution in [0.2, 0.25) is 5.02 Å². The van der Waals surface area contributed by atoms with Crippen molar-refractivity contribution in [2.24, 2.45) is 0 Å². The van der Waals surface area contributed by atoms with E-state index in [4.69, 9.17) is 11.6 Å². The summed E-state index contributed by atoms with van der Waals surface area (Å²) in [5.74, 6) is -1.22. The first-order chi connectivity index (χ1) is 9.24. The van der Waals surface area contributed by atoms with Crippen LogP contribution in [0.5, 0.6) is 0 Å². The van der Waals surface area contributed by atoms with Gasteiger partial charge in [0.05, 0.1) is 0 Å². The van der Waals surface area contributed by atoms with Crippen LogP contribution in [-0.4, -0.2) is 32.7 Å². The molecule has 20 heavy (non-hydrogen) atoms. The summed E-state index contributed by atoms with van der Waals surface area (Å²) in [5, 5.41) is 9.76. The fourth-order valence-corrected chi connectivity index (χ4v) is 4.22. The highest BCUT2D eigenvalue weighted by Gasteiger charge is 2.52. The van der Waals surface area contributed by atoms with Gasteiger partial charge in [0.25, 0.3) is 0 Å². The maximum atomic E-state index is 11.9. The second kappa shape index (κ2) is 5.30. The summed E-state index contributed by atoms with van der Waals surface area (Å²) in [6.45, 7) is 5.10. The molecular weight excluding hydrogens is 298 g/mol. The van der Waals surface area contributed by atoms with Crippen molar-refractivity contribution in [1.82, 2.24) is 4.90 Å². The molecule has 1 saturated heterocycles. The van der Waals surface area contributed by atoms with Gasteiger partial charge in [-0.2, -0.15) is 0 Å². The number of hydrogen-bond donors (Lipinski definition) is 1. The van der Waals surface area contributed by atoms with Crippen molar-refractivity contribution in [3.8, 4) is 0 Å². The van der Waals surface area contributed by atoms with Crippen molar-refractivity contribution in [3.05, 3.63) is 34.9 Å². The van der Waals surface area contributed by atoms with Crippen molar-refractivity contribution in [2.75, 3.05) is 0 Å². The number of halogens is 1. The summed E-state index contributed by atoms with van der Waals surface area (Å²) in [4.78, 5) is 24.9. The van der Waals surface area contributed by atoms with Crippen LogP contribution in [0, 0.1) is 0 Å². The molecule has 6 heteroatoms. The molecule has 0 saturated carbocycles. The molecule has 1 aliphatic heterocycles. The minimum absolute atomic E-state index is 0.240. The molecule has 1 unspecified atom stereocenters. The third-order valence-electron chi connectivity index (χ3n) is 3.36. The molecule has 1 N–H and O–H groups in total. The van der Waals surface area contributed by atoms with Crippen LogP contribution >= 0.6 is 23.4 Å². The molecule has 1 aliphatic rings. The topological polar surface area (TPSA) is 57.6 Å². The van der Waals surface area contributed by atoms with Crippen LogP contribution in [0.15, 0.2) is 24.3 Å². The molecule has 1 aromatic rings. The van der Waals surface area contributed by atoms with Crippen LogP contribution in [0.3, 0.4) is 0 Å². The van der Waals surface area contributed by atoms with Crippen molar-refractivity contribution >= 4 is 35.2 Å². The number of hydrogen-bond acceptors (Lipinski definition) is 3. The van der Waals surface area contributed by atoms with E-state index in [0.29, 0.717) is 5.02 Å². The highest BCUT2D eigenvalue weighted by molar-refractivity contribution is 8.01. The smallest absolute Gasteiger partial charge is 0.327 e. The van der Waals surface area contributed by atoms with Gasteiger partial charge >= 0.3 is 5.97 Å². The predicted molar refractivity (Wildman–Crippen MR) is 79.8 cm³/mol. The maximum absolute atomic E-state index is 11.9. The number of carbonyl (C=O) groups is 2. The molecule has 1 heterocycles. The molecular formula is C14H16ClNO3S. The molecule has 2 atom stereocenters. The number of benzene rings is 1. The molecule has 0 aromatic heterocycles. The Balaban J connectivity index is 2.45. The van der Waals surface area contributed by atoms with Gasteiger partial charge in [-0.05, 0) is 31.5 Å². The van der Waals surface area contributed by atoms with Gasteiger partial charge in [0.2, 0.25) is 5.91 Å². The Labute approximate surface area is 127 Å². The lowest BCUT2D eigenvalue weighted by molar-refractivity contribution is -0.150. The number of aliphatic carboxylic acids is 1. The fraction of sp³-hybridized carbons (Fsp3) is 0.429. The fourth-order valence-electron chi connectivity index (χ4n) is 2.50.